The fourth-order valence-electron chi connectivity index (χ4n) is 4.18. The van der Waals surface area contributed by atoms with Gasteiger partial charge in [-0.2, -0.15) is 0 Å². The van der Waals surface area contributed by atoms with Crippen LogP contribution in [-0.2, 0) is 6.54 Å². The highest BCUT2D eigenvalue weighted by atomic mass is 35.5. The van der Waals surface area contributed by atoms with Crippen molar-refractivity contribution in [1.82, 2.24) is 14.8 Å². The normalized spacial score (nSPS) is 12.6. The van der Waals surface area contributed by atoms with Gasteiger partial charge in [-0.25, -0.2) is 0 Å². The van der Waals surface area contributed by atoms with Crippen molar-refractivity contribution >= 4 is 40.0 Å². The third-order valence-corrected chi connectivity index (χ3v) is 6.28. The molecule has 1 unspecified atom stereocenters. The molecule has 0 aliphatic heterocycles. The SMILES string of the molecule is CC(C)CC(CNC(=O)c1cn(CCCN(C)C)c2cccc(Cl)c12)c1ccc(Cl)cc1. The summed E-state index contributed by atoms with van der Waals surface area (Å²) in [6, 6.07) is 13.7. The van der Waals surface area contributed by atoms with Crippen molar-refractivity contribution in [3.8, 4) is 0 Å². The molecule has 1 N–H and O–H groups in total. The van der Waals surface area contributed by atoms with E-state index in [1.165, 1.54) is 5.56 Å². The molecule has 0 radical (unpaired) electrons. The van der Waals surface area contributed by atoms with Gasteiger partial charge in [0.1, 0.15) is 0 Å². The van der Waals surface area contributed by atoms with E-state index in [9.17, 15) is 4.79 Å². The summed E-state index contributed by atoms with van der Waals surface area (Å²) in [7, 11) is 4.13. The third-order valence-electron chi connectivity index (χ3n) is 5.71. The van der Waals surface area contributed by atoms with Crippen LogP contribution < -0.4 is 5.32 Å². The van der Waals surface area contributed by atoms with Crippen LogP contribution in [-0.4, -0.2) is 42.6 Å². The average Bonchev–Trinajstić information content (AvgIpc) is 3.11. The van der Waals surface area contributed by atoms with Gasteiger partial charge in [-0.05, 0) is 69.2 Å². The first-order valence-electron chi connectivity index (χ1n) is 11.2. The zero-order valence-corrected chi connectivity index (χ0v) is 20.9. The van der Waals surface area contributed by atoms with Gasteiger partial charge in [-0.1, -0.05) is 55.2 Å². The summed E-state index contributed by atoms with van der Waals surface area (Å²) in [5.74, 6) is 0.651. The standard InChI is InChI=1S/C26H33Cl2N3O/c1-18(2)15-20(19-9-11-21(27)12-10-19)16-29-26(32)22-17-31(14-6-13-30(3)4)24-8-5-7-23(28)25(22)24/h5,7-12,17-18,20H,6,13-16H2,1-4H3,(H,29,32). The van der Waals surface area contributed by atoms with E-state index in [1.54, 1.807) is 0 Å². The number of aryl methyl sites for hydroxylation is 1. The lowest BCUT2D eigenvalue weighted by molar-refractivity contribution is 0.0951. The molecule has 172 valence electrons. The quantitative estimate of drug-likeness (QED) is 0.366. The number of nitrogens with one attached hydrogen (secondary N) is 1. The van der Waals surface area contributed by atoms with Crippen molar-refractivity contribution in [3.05, 3.63) is 69.8 Å². The lowest BCUT2D eigenvalue weighted by Gasteiger charge is -2.20. The minimum absolute atomic E-state index is 0.0859. The third kappa shape index (κ3) is 6.28. The first-order chi connectivity index (χ1) is 15.3. The van der Waals surface area contributed by atoms with Crippen LogP contribution in [0.4, 0.5) is 0 Å². The van der Waals surface area contributed by atoms with Gasteiger partial charge in [0.05, 0.1) is 16.1 Å². The van der Waals surface area contributed by atoms with E-state index in [1.807, 2.05) is 36.5 Å². The van der Waals surface area contributed by atoms with E-state index in [0.717, 1.165) is 41.9 Å². The Balaban J connectivity index is 1.81. The number of hydrogen-bond donors (Lipinski definition) is 1. The minimum Gasteiger partial charge on any atom is -0.351 e. The van der Waals surface area contributed by atoms with Gasteiger partial charge in [0, 0.05) is 35.6 Å². The Morgan fingerprint density at radius 2 is 1.81 bits per heavy atom. The number of amides is 1. The molecule has 32 heavy (non-hydrogen) atoms. The minimum atomic E-state index is -0.0859. The van der Waals surface area contributed by atoms with Gasteiger partial charge in [0.25, 0.3) is 5.91 Å². The maximum Gasteiger partial charge on any atom is 0.253 e. The second-order valence-electron chi connectivity index (χ2n) is 9.12. The van der Waals surface area contributed by atoms with Gasteiger partial charge in [-0.15, -0.1) is 0 Å². The number of nitrogens with zero attached hydrogens (tertiary/aromatic N) is 2. The van der Waals surface area contributed by atoms with Gasteiger partial charge < -0.3 is 14.8 Å². The molecule has 1 aromatic heterocycles. The van der Waals surface area contributed by atoms with Crippen molar-refractivity contribution in [3.63, 3.8) is 0 Å². The van der Waals surface area contributed by atoms with Gasteiger partial charge in [0.2, 0.25) is 0 Å². The predicted molar refractivity (Wildman–Crippen MR) is 136 cm³/mol. The molecule has 0 saturated heterocycles. The molecule has 0 spiro atoms. The Kier molecular flexibility index (Phi) is 8.64. The van der Waals surface area contributed by atoms with Crippen molar-refractivity contribution in [2.24, 2.45) is 5.92 Å². The molecule has 0 fully saturated rings. The van der Waals surface area contributed by atoms with Crippen molar-refractivity contribution in [2.75, 3.05) is 27.2 Å². The van der Waals surface area contributed by atoms with Crippen LogP contribution >= 0.6 is 23.2 Å². The van der Waals surface area contributed by atoms with Crippen molar-refractivity contribution < 1.29 is 4.79 Å². The molecule has 6 heteroatoms. The van der Waals surface area contributed by atoms with Crippen LogP contribution in [0.2, 0.25) is 10.0 Å². The fourth-order valence-corrected chi connectivity index (χ4v) is 4.57. The van der Waals surface area contributed by atoms with Crippen LogP contribution in [0, 0.1) is 5.92 Å². The number of rotatable bonds is 10. The Morgan fingerprint density at radius 3 is 2.47 bits per heavy atom. The molecule has 0 aliphatic rings. The number of aromatic nitrogens is 1. The smallest absolute Gasteiger partial charge is 0.253 e. The summed E-state index contributed by atoms with van der Waals surface area (Å²) < 4.78 is 2.14. The average molecular weight is 474 g/mol. The Bertz CT molecular complexity index is 1040. The first-order valence-corrected chi connectivity index (χ1v) is 12.0. The lowest BCUT2D eigenvalue weighted by atomic mass is 9.90. The van der Waals surface area contributed by atoms with E-state index < -0.39 is 0 Å². The van der Waals surface area contributed by atoms with Crippen LogP contribution in [0.3, 0.4) is 0 Å². The second kappa shape index (κ2) is 11.2. The summed E-state index contributed by atoms with van der Waals surface area (Å²) in [6.45, 7) is 6.79. The molecule has 3 aromatic rings. The highest BCUT2D eigenvalue weighted by Crippen LogP contribution is 2.30. The number of benzene rings is 2. The van der Waals surface area contributed by atoms with Crippen molar-refractivity contribution in [1.29, 1.82) is 0 Å². The van der Waals surface area contributed by atoms with Crippen molar-refractivity contribution in [2.45, 2.75) is 39.2 Å². The molecule has 2 aromatic carbocycles. The fraction of sp³-hybridized carbons (Fsp3) is 0.423. The topological polar surface area (TPSA) is 37.3 Å². The predicted octanol–water partition coefficient (Wildman–Crippen LogP) is 6.46. The molecule has 0 aliphatic carbocycles. The first kappa shape index (κ1) is 24.6. The number of carbonyl (C=O) groups excluding carboxylic acids is 1. The number of halogens is 2. The molecule has 1 heterocycles. The largest absolute Gasteiger partial charge is 0.351 e. The van der Waals surface area contributed by atoms with Crippen LogP contribution in [0.15, 0.2) is 48.7 Å². The maximum atomic E-state index is 13.3. The molecule has 0 saturated carbocycles. The summed E-state index contributed by atoms with van der Waals surface area (Å²) in [4.78, 5) is 15.4. The zero-order valence-electron chi connectivity index (χ0n) is 19.4. The molecule has 1 atom stereocenters. The monoisotopic (exact) mass is 473 g/mol. The molecule has 3 rings (SSSR count). The Labute approximate surface area is 201 Å². The van der Waals surface area contributed by atoms with E-state index in [0.29, 0.717) is 23.0 Å². The number of fused-ring (bicyclic) bond motifs is 1. The van der Waals surface area contributed by atoms with E-state index in [-0.39, 0.29) is 11.8 Å². The zero-order chi connectivity index (χ0) is 23.3. The number of carbonyl (C=O) groups is 1. The maximum absolute atomic E-state index is 13.3. The summed E-state index contributed by atoms with van der Waals surface area (Å²) >= 11 is 12.6. The molecular formula is C26H33Cl2N3O. The van der Waals surface area contributed by atoms with Crippen LogP contribution in [0.1, 0.15) is 48.5 Å². The summed E-state index contributed by atoms with van der Waals surface area (Å²) in [6.07, 6.45) is 3.92. The van der Waals surface area contributed by atoms with Crippen LogP contribution in [0.25, 0.3) is 10.9 Å². The summed E-state index contributed by atoms with van der Waals surface area (Å²) in [5.41, 5.74) is 2.82. The second-order valence-corrected chi connectivity index (χ2v) is 9.96. The van der Waals surface area contributed by atoms with Gasteiger partial charge in [-0.3, -0.25) is 4.79 Å². The lowest BCUT2D eigenvalue weighted by Crippen LogP contribution is -2.29. The van der Waals surface area contributed by atoms with Crippen LogP contribution in [0.5, 0.6) is 0 Å². The van der Waals surface area contributed by atoms with E-state index in [4.69, 9.17) is 23.2 Å². The summed E-state index contributed by atoms with van der Waals surface area (Å²) in [5, 5.41) is 5.32. The van der Waals surface area contributed by atoms with E-state index >= 15 is 0 Å². The van der Waals surface area contributed by atoms with E-state index in [2.05, 4.69) is 54.9 Å². The molecule has 0 bridgehead atoms. The Hall–Kier alpha value is -2.01. The molecule has 1 amide bonds. The Morgan fingerprint density at radius 1 is 1.09 bits per heavy atom. The van der Waals surface area contributed by atoms with Gasteiger partial charge >= 0.3 is 0 Å². The molecular weight excluding hydrogens is 441 g/mol. The highest BCUT2D eigenvalue weighted by Gasteiger charge is 2.20. The highest BCUT2D eigenvalue weighted by molar-refractivity contribution is 6.36. The van der Waals surface area contributed by atoms with Gasteiger partial charge in [0.15, 0.2) is 0 Å². The molecule has 4 nitrogen and oxygen atoms in total. The number of hydrogen-bond acceptors (Lipinski definition) is 2.